The number of hydrogen-bond donors (Lipinski definition) is 1. The van der Waals surface area contributed by atoms with Gasteiger partial charge < -0.3 is 5.11 Å². The van der Waals surface area contributed by atoms with Gasteiger partial charge in [-0.3, -0.25) is 4.79 Å². The molecule has 0 aliphatic carbocycles. The lowest BCUT2D eigenvalue weighted by Crippen LogP contribution is -2.27. The van der Waals surface area contributed by atoms with Crippen molar-refractivity contribution in [2.45, 2.75) is 39.7 Å². The molecule has 3 aromatic rings. The van der Waals surface area contributed by atoms with Crippen molar-refractivity contribution in [3.05, 3.63) is 80.7 Å². The molecule has 1 aromatic heterocycles. The molecular formula is C22H23ClN2O2. The second-order valence-corrected chi connectivity index (χ2v) is 7.01. The maximum atomic E-state index is 13.1. The summed E-state index contributed by atoms with van der Waals surface area (Å²) in [6, 6.07) is 15.2. The normalized spacial score (nSPS) is 10.9. The van der Waals surface area contributed by atoms with E-state index in [-0.39, 0.29) is 11.3 Å². The van der Waals surface area contributed by atoms with E-state index in [0.717, 1.165) is 23.1 Å². The predicted octanol–water partition coefficient (Wildman–Crippen LogP) is 4.77. The molecule has 0 aliphatic rings. The van der Waals surface area contributed by atoms with Gasteiger partial charge >= 0.3 is 0 Å². The number of hydrogen-bond acceptors (Lipinski definition) is 3. The van der Waals surface area contributed by atoms with Gasteiger partial charge in [-0.1, -0.05) is 67.4 Å². The molecule has 0 aliphatic heterocycles. The highest BCUT2D eigenvalue weighted by Crippen LogP contribution is 2.30. The summed E-state index contributed by atoms with van der Waals surface area (Å²) in [5.74, 6) is -0.00913. The van der Waals surface area contributed by atoms with E-state index in [9.17, 15) is 9.90 Å². The van der Waals surface area contributed by atoms with Gasteiger partial charge in [0, 0.05) is 11.6 Å². The zero-order valence-corrected chi connectivity index (χ0v) is 16.3. The van der Waals surface area contributed by atoms with Crippen LogP contribution in [-0.4, -0.2) is 14.9 Å². The van der Waals surface area contributed by atoms with Crippen LogP contribution in [0.5, 0.6) is 5.75 Å². The van der Waals surface area contributed by atoms with Crippen LogP contribution in [0.15, 0.2) is 53.3 Å². The Labute approximate surface area is 164 Å². The number of aryl methyl sites for hydroxylation is 4. The number of aromatic nitrogens is 2. The van der Waals surface area contributed by atoms with E-state index >= 15 is 0 Å². The maximum absolute atomic E-state index is 13.1. The van der Waals surface area contributed by atoms with Gasteiger partial charge in [-0.2, -0.15) is 5.10 Å². The van der Waals surface area contributed by atoms with E-state index in [0.29, 0.717) is 35.7 Å². The topological polar surface area (TPSA) is 55.1 Å². The first kappa shape index (κ1) is 19.2. The standard InChI is InChI=1S/C22H23ClN2O2/c1-3-8-19-21(26)20(17-11-6-4-9-15(17)2)22(27)25(24-19)14-13-16-10-5-7-12-18(16)23/h4-7,9-12,26H,3,8,13-14H2,1-2H3. The van der Waals surface area contributed by atoms with Crippen molar-refractivity contribution < 1.29 is 5.11 Å². The summed E-state index contributed by atoms with van der Waals surface area (Å²) in [6.07, 6.45) is 2.03. The van der Waals surface area contributed by atoms with Gasteiger partial charge in [-0.15, -0.1) is 0 Å². The Hall–Kier alpha value is -2.59. The molecule has 3 rings (SSSR count). The molecule has 4 nitrogen and oxygen atoms in total. The van der Waals surface area contributed by atoms with Crippen molar-refractivity contribution in [1.82, 2.24) is 9.78 Å². The van der Waals surface area contributed by atoms with Gasteiger partial charge in [0.1, 0.15) is 5.69 Å². The smallest absolute Gasteiger partial charge is 0.278 e. The lowest BCUT2D eigenvalue weighted by molar-refractivity contribution is 0.448. The SMILES string of the molecule is CCCc1nn(CCc2ccccc2Cl)c(=O)c(-c2ccccc2C)c1O. The van der Waals surface area contributed by atoms with Gasteiger partial charge in [0.05, 0.1) is 5.56 Å². The number of rotatable bonds is 6. The molecule has 0 saturated carbocycles. The fourth-order valence-electron chi connectivity index (χ4n) is 3.19. The van der Waals surface area contributed by atoms with Crippen LogP contribution in [0.25, 0.3) is 11.1 Å². The summed E-state index contributed by atoms with van der Waals surface area (Å²) < 4.78 is 1.45. The van der Waals surface area contributed by atoms with Crippen molar-refractivity contribution in [1.29, 1.82) is 0 Å². The van der Waals surface area contributed by atoms with E-state index in [1.54, 1.807) is 0 Å². The highest BCUT2D eigenvalue weighted by atomic mass is 35.5. The Morgan fingerprint density at radius 2 is 1.78 bits per heavy atom. The molecule has 0 fully saturated rings. The van der Waals surface area contributed by atoms with Crippen molar-refractivity contribution in [2.75, 3.05) is 0 Å². The molecule has 1 heterocycles. The third kappa shape index (κ3) is 4.06. The molecule has 0 atom stereocenters. The molecule has 140 valence electrons. The Morgan fingerprint density at radius 1 is 1.07 bits per heavy atom. The van der Waals surface area contributed by atoms with E-state index < -0.39 is 0 Å². The molecule has 2 aromatic carbocycles. The molecule has 0 amide bonds. The van der Waals surface area contributed by atoms with E-state index in [1.165, 1.54) is 4.68 Å². The summed E-state index contributed by atoms with van der Waals surface area (Å²) >= 11 is 6.24. The van der Waals surface area contributed by atoms with E-state index in [2.05, 4.69) is 5.10 Å². The lowest BCUT2D eigenvalue weighted by Gasteiger charge is -2.14. The third-order valence-electron chi connectivity index (χ3n) is 4.65. The van der Waals surface area contributed by atoms with Crippen LogP contribution in [0.1, 0.15) is 30.2 Å². The molecule has 0 saturated heterocycles. The number of halogens is 1. The minimum absolute atomic E-state index is 0.00913. The minimum Gasteiger partial charge on any atom is -0.505 e. The molecule has 5 heteroatoms. The first-order valence-corrected chi connectivity index (χ1v) is 9.53. The van der Waals surface area contributed by atoms with Gasteiger partial charge in [0.25, 0.3) is 5.56 Å². The average Bonchev–Trinajstić information content (AvgIpc) is 2.66. The Morgan fingerprint density at radius 3 is 2.48 bits per heavy atom. The quantitative estimate of drug-likeness (QED) is 0.667. The largest absolute Gasteiger partial charge is 0.505 e. The van der Waals surface area contributed by atoms with Crippen molar-refractivity contribution in [2.24, 2.45) is 0 Å². The number of nitrogens with zero attached hydrogens (tertiary/aromatic N) is 2. The number of benzene rings is 2. The highest BCUT2D eigenvalue weighted by Gasteiger charge is 2.19. The molecular weight excluding hydrogens is 360 g/mol. The van der Waals surface area contributed by atoms with Crippen molar-refractivity contribution in [3.63, 3.8) is 0 Å². The van der Waals surface area contributed by atoms with Gasteiger partial charge in [0.2, 0.25) is 0 Å². The predicted molar refractivity (Wildman–Crippen MR) is 109 cm³/mol. The van der Waals surface area contributed by atoms with Crippen LogP contribution in [0.4, 0.5) is 0 Å². The summed E-state index contributed by atoms with van der Waals surface area (Å²) in [6.45, 7) is 4.36. The van der Waals surface area contributed by atoms with Crippen LogP contribution in [0.2, 0.25) is 5.02 Å². The second-order valence-electron chi connectivity index (χ2n) is 6.60. The summed E-state index contributed by atoms with van der Waals surface area (Å²) in [7, 11) is 0. The van der Waals surface area contributed by atoms with Crippen LogP contribution in [-0.2, 0) is 19.4 Å². The summed E-state index contributed by atoms with van der Waals surface area (Å²) in [4.78, 5) is 13.1. The fourth-order valence-corrected chi connectivity index (χ4v) is 3.42. The molecule has 0 unspecified atom stereocenters. The highest BCUT2D eigenvalue weighted by molar-refractivity contribution is 6.31. The number of aromatic hydroxyl groups is 1. The minimum atomic E-state index is -0.284. The second kappa shape index (κ2) is 8.40. The zero-order valence-electron chi connectivity index (χ0n) is 15.6. The van der Waals surface area contributed by atoms with Gasteiger partial charge in [0.15, 0.2) is 5.75 Å². The van der Waals surface area contributed by atoms with Crippen LogP contribution < -0.4 is 5.56 Å². The maximum Gasteiger partial charge on any atom is 0.278 e. The van der Waals surface area contributed by atoms with Crippen molar-refractivity contribution in [3.8, 4) is 16.9 Å². The zero-order chi connectivity index (χ0) is 19.4. The molecule has 0 radical (unpaired) electrons. The summed E-state index contributed by atoms with van der Waals surface area (Å²) in [5.41, 5.74) is 3.24. The van der Waals surface area contributed by atoms with Gasteiger partial charge in [-0.05, 0) is 42.5 Å². The molecule has 0 spiro atoms. The average molecular weight is 383 g/mol. The van der Waals surface area contributed by atoms with Crippen molar-refractivity contribution >= 4 is 11.6 Å². The molecule has 0 bridgehead atoms. The summed E-state index contributed by atoms with van der Waals surface area (Å²) in [5, 5.41) is 15.8. The lowest BCUT2D eigenvalue weighted by atomic mass is 10.00. The van der Waals surface area contributed by atoms with Crippen LogP contribution in [0.3, 0.4) is 0 Å². The Balaban J connectivity index is 2.08. The first-order valence-electron chi connectivity index (χ1n) is 9.15. The van der Waals surface area contributed by atoms with E-state index in [1.807, 2.05) is 62.4 Å². The first-order chi connectivity index (χ1) is 13.0. The monoisotopic (exact) mass is 382 g/mol. The van der Waals surface area contributed by atoms with Crippen LogP contribution >= 0.6 is 11.6 Å². The Bertz CT molecular complexity index is 1010. The Kier molecular flexibility index (Phi) is 5.97. The third-order valence-corrected chi connectivity index (χ3v) is 5.02. The van der Waals surface area contributed by atoms with E-state index in [4.69, 9.17) is 11.6 Å². The van der Waals surface area contributed by atoms with Crippen LogP contribution in [0, 0.1) is 6.92 Å². The van der Waals surface area contributed by atoms with Gasteiger partial charge in [-0.25, -0.2) is 4.68 Å². The molecule has 1 N–H and O–H groups in total. The molecule has 27 heavy (non-hydrogen) atoms. The fraction of sp³-hybridized carbons (Fsp3) is 0.273.